The van der Waals surface area contributed by atoms with Gasteiger partial charge in [0.1, 0.15) is 6.61 Å². The molecule has 0 radical (unpaired) electrons. The van der Waals surface area contributed by atoms with Gasteiger partial charge in [0.05, 0.1) is 26.8 Å². The summed E-state index contributed by atoms with van der Waals surface area (Å²) >= 11 is 0. The minimum atomic E-state index is -0.956. The number of hydrogen-bond donors (Lipinski definition) is 2. The molecular weight excluding hydrogens is 346 g/mol. The van der Waals surface area contributed by atoms with Crippen molar-refractivity contribution in [1.29, 1.82) is 0 Å². The third kappa shape index (κ3) is 7.81. The summed E-state index contributed by atoms with van der Waals surface area (Å²) < 4.78 is 13.8. The lowest BCUT2D eigenvalue weighted by Gasteiger charge is -2.07. The largest absolute Gasteiger partial charge is 0.466 e. The number of ether oxygens (including phenoxy) is 3. The van der Waals surface area contributed by atoms with Gasteiger partial charge in [0, 0.05) is 0 Å². The molecule has 0 saturated carbocycles. The van der Waals surface area contributed by atoms with Gasteiger partial charge >= 0.3 is 18.0 Å². The first-order valence-electron chi connectivity index (χ1n) is 7.28. The summed E-state index contributed by atoms with van der Waals surface area (Å²) in [6, 6.07) is 9.09. The molecule has 0 fully saturated rings. The highest BCUT2D eigenvalue weighted by Gasteiger charge is 2.15. The zero-order valence-corrected chi connectivity index (χ0v) is 14.3. The minimum Gasteiger partial charge on any atom is -0.466 e. The molecule has 1 rings (SSSR count). The van der Waals surface area contributed by atoms with Crippen LogP contribution in [0.2, 0.25) is 0 Å². The molecule has 26 heavy (non-hydrogen) atoms. The lowest BCUT2D eigenvalue weighted by atomic mass is 10.2. The number of methoxy groups -OCH3 is 2. The van der Waals surface area contributed by atoms with Gasteiger partial charge in [-0.2, -0.15) is 0 Å². The van der Waals surface area contributed by atoms with Crippen molar-refractivity contribution in [2.75, 3.05) is 20.8 Å². The zero-order chi connectivity index (χ0) is 19.4. The molecule has 0 aromatic heterocycles. The predicted molar refractivity (Wildman–Crippen MR) is 89.5 cm³/mol. The highest BCUT2D eigenvalue weighted by molar-refractivity contribution is 5.94. The van der Waals surface area contributed by atoms with Crippen molar-refractivity contribution in [3.05, 3.63) is 47.7 Å². The van der Waals surface area contributed by atoms with E-state index < -0.39 is 23.8 Å². The number of nitrogens with zero attached hydrogens (tertiary/aromatic N) is 1. The number of oxime groups is 1. The van der Waals surface area contributed by atoms with Crippen LogP contribution < -0.4 is 11.1 Å². The van der Waals surface area contributed by atoms with Crippen LogP contribution in [0.1, 0.15) is 5.56 Å². The summed E-state index contributed by atoms with van der Waals surface area (Å²) in [4.78, 5) is 38.9. The summed E-state index contributed by atoms with van der Waals surface area (Å²) in [5.74, 6) is -2.51. The smallest absolute Gasteiger partial charge is 0.407 e. The Balaban J connectivity index is 2.48. The molecule has 1 amide bonds. The van der Waals surface area contributed by atoms with E-state index in [0.717, 1.165) is 25.9 Å². The van der Waals surface area contributed by atoms with Crippen LogP contribution in [0.4, 0.5) is 4.79 Å². The summed E-state index contributed by atoms with van der Waals surface area (Å²) in [6.07, 6.45) is 0.0229. The first kappa shape index (κ1) is 20.5. The fourth-order valence-electron chi connectivity index (χ4n) is 1.47. The minimum absolute atomic E-state index is 0.0918. The number of nitrogens with two attached hydrogens (primary N) is 1. The van der Waals surface area contributed by atoms with Crippen molar-refractivity contribution in [3.8, 4) is 0 Å². The topological polar surface area (TPSA) is 139 Å². The Hall–Kier alpha value is -3.56. The van der Waals surface area contributed by atoms with Crippen molar-refractivity contribution in [1.82, 2.24) is 5.32 Å². The van der Waals surface area contributed by atoms with Crippen LogP contribution in [0.3, 0.4) is 0 Å². The molecule has 0 unspecified atom stereocenters. The fraction of sp³-hybridized carbons (Fsp3) is 0.250. The van der Waals surface area contributed by atoms with Crippen molar-refractivity contribution in [2.45, 2.75) is 6.61 Å². The first-order chi connectivity index (χ1) is 12.5. The molecule has 0 heterocycles. The number of nitrogens with one attached hydrogen (secondary N) is 1. The third-order valence-electron chi connectivity index (χ3n) is 2.72. The molecular formula is C16H19N3O7. The maximum absolute atomic E-state index is 11.6. The number of carbonyl (C=O) groups excluding carboxylic acids is 3. The number of esters is 2. The SMILES string of the molecule is COC(=O)/C=C(/O/N=C(\N)CNC(=O)OCc1ccccc1)C(=O)OC. The number of amides is 1. The van der Waals surface area contributed by atoms with E-state index in [9.17, 15) is 14.4 Å². The van der Waals surface area contributed by atoms with E-state index >= 15 is 0 Å². The third-order valence-corrected chi connectivity index (χ3v) is 2.72. The van der Waals surface area contributed by atoms with E-state index in [1.54, 1.807) is 12.1 Å². The van der Waals surface area contributed by atoms with E-state index in [0.29, 0.717) is 0 Å². The normalized spacial score (nSPS) is 11.3. The molecule has 0 spiro atoms. The Kier molecular flexibility index (Phi) is 8.73. The Labute approximate surface area is 149 Å². The second-order valence-corrected chi connectivity index (χ2v) is 4.61. The van der Waals surface area contributed by atoms with Crippen LogP contribution in [0, 0.1) is 0 Å². The van der Waals surface area contributed by atoms with E-state index in [2.05, 4.69) is 19.9 Å². The molecule has 10 heteroatoms. The molecule has 0 aliphatic rings. The van der Waals surface area contributed by atoms with E-state index in [4.69, 9.17) is 15.3 Å². The molecule has 140 valence electrons. The molecule has 10 nitrogen and oxygen atoms in total. The second-order valence-electron chi connectivity index (χ2n) is 4.61. The van der Waals surface area contributed by atoms with Crippen molar-refractivity contribution < 1.29 is 33.4 Å². The van der Waals surface area contributed by atoms with Crippen molar-refractivity contribution in [3.63, 3.8) is 0 Å². The Morgan fingerprint density at radius 3 is 2.46 bits per heavy atom. The van der Waals surface area contributed by atoms with Crippen LogP contribution in [-0.4, -0.2) is 44.6 Å². The average molecular weight is 365 g/mol. The lowest BCUT2D eigenvalue weighted by molar-refractivity contribution is -0.142. The van der Waals surface area contributed by atoms with Gasteiger partial charge in [-0.15, -0.1) is 0 Å². The highest BCUT2D eigenvalue weighted by atomic mass is 16.7. The van der Waals surface area contributed by atoms with Crippen LogP contribution in [0.5, 0.6) is 0 Å². The van der Waals surface area contributed by atoms with Gasteiger partial charge in [-0.1, -0.05) is 35.5 Å². The average Bonchev–Trinajstić information content (AvgIpc) is 2.67. The van der Waals surface area contributed by atoms with Crippen LogP contribution in [0.25, 0.3) is 0 Å². The standard InChI is InChI=1S/C16H19N3O7/c1-23-14(20)8-12(15(21)24-2)26-19-13(17)9-18-16(22)25-10-11-6-4-3-5-7-11/h3-8H,9-10H2,1-2H3,(H2,17,19)(H,18,22)/b12-8+. The summed E-state index contributed by atoms with van der Waals surface area (Å²) in [5, 5.41) is 5.77. The Morgan fingerprint density at radius 2 is 1.85 bits per heavy atom. The summed E-state index contributed by atoms with van der Waals surface area (Å²) in [7, 11) is 2.21. The van der Waals surface area contributed by atoms with Crippen LogP contribution in [0.15, 0.2) is 47.3 Å². The van der Waals surface area contributed by atoms with Crippen LogP contribution >= 0.6 is 0 Å². The van der Waals surface area contributed by atoms with Gasteiger partial charge < -0.3 is 30.1 Å². The molecule has 1 aromatic rings. The molecule has 0 bridgehead atoms. The van der Waals surface area contributed by atoms with Gasteiger partial charge in [0.15, 0.2) is 5.84 Å². The van der Waals surface area contributed by atoms with E-state index in [1.165, 1.54) is 0 Å². The predicted octanol–water partition coefficient (Wildman–Crippen LogP) is 0.431. The van der Waals surface area contributed by atoms with E-state index in [-0.39, 0.29) is 19.0 Å². The number of rotatable bonds is 8. The van der Waals surface area contributed by atoms with Gasteiger partial charge in [0.25, 0.3) is 0 Å². The van der Waals surface area contributed by atoms with Crippen LogP contribution in [-0.2, 0) is 35.2 Å². The highest BCUT2D eigenvalue weighted by Crippen LogP contribution is 2.02. The van der Waals surface area contributed by atoms with Gasteiger partial charge in [-0.05, 0) is 5.56 Å². The number of alkyl carbamates (subject to hydrolysis) is 1. The van der Waals surface area contributed by atoms with E-state index in [1.807, 2.05) is 18.2 Å². The number of benzene rings is 1. The Morgan fingerprint density at radius 1 is 1.15 bits per heavy atom. The molecule has 0 atom stereocenters. The maximum atomic E-state index is 11.6. The molecule has 0 aliphatic carbocycles. The number of amidine groups is 1. The second kappa shape index (κ2) is 11.1. The maximum Gasteiger partial charge on any atom is 0.407 e. The molecule has 3 N–H and O–H groups in total. The molecule has 0 aliphatic heterocycles. The molecule has 0 saturated heterocycles. The molecule has 1 aromatic carbocycles. The van der Waals surface area contributed by atoms with Gasteiger partial charge in [-0.25, -0.2) is 14.4 Å². The summed E-state index contributed by atoms with van der Waals surface area (Å²) in [5.41, 5.74) is 6.36. The monoisotopic (exact) mass is 365 g/mol. The van der Waals surface area contributed by atoms with Crippen molar-refractivity contribution in [2.24, 2.45) is 10.9 Å². The number of hydrogen-bond acceptors (Lipinski definition) is 8. The quantitative estimate of drug-likeness (QED) is 0.129. The fourth-order valence-corrected chi connectivity index (χ4v) is 1.47. The Bertz CT molecular complexity index is 686. The zero-order valence-electron chi connectivity index (χ0n) is 14.3. The first-order valence-corrected chi connectivity index (χ1v) is 7.28. The summed E-state index contributed by atoms with van der Waals surface area (Å²) in [6.45, 7) is -0.116. The van der Waals surface area contributed by atoms with Gasteiger partial charge in [0.2, 0.25) is 5.76 Å². The van der Waals surface area contributed by atoms with Gasteiger partial charge in [-0.3, -0.25) is 0 Å². The number of carbonyl (C=O) groups is 3. The lowest BCUT2D eigenvalue weighted by Crippen LogP contribution is -2.34. The van der Waals surface area contributed by atoms with Crippen molar-refractivity contribution >= 4 is 23.9 Å².